The molecule has 0 aromatic heterocycles. The van der Waals surface area contributed by atoms with Crippen molar-refractivity contribution in [1.82, 2.24) is 5.32 Å². The Labute approximate surface area is 210 Å². The molecule has 2 atom stereocenters. The van der Waals surface area contributed by atoms with E-state index in [2.05, 4.69) is 23.0 Å². The van der Waals surface area contributed by atoms with Crippen molar-refractivity contribution in [2.45, 2.75) is 25.8 Å². The first-order valence-corrected chi connectivity index (χ1v) is 11.7. The van der Waals surface area contributed by atoms with E-state index in [1.807, 2.05) is 32.1 Å². The zero-order valence-corrected chi connectivity index (χ0v) is 20.3. The molecule has 2 aliphatic rings. The first kappa shape index (κ1) is 24.7. The third kappa shape index (κ3) is 5.63. The van der Waals surface area contributed by atoms with E-state index in [4.69, 9.17) is 14.2 Å². The fourth-order valence-corrected chi connectivity index (χ4v) is 4.54. The highest BCUT2D eigenvalue weighted by molar-refractivity contribution is 5.95. The molecule has 7 nitrogen and oxygen atoms in total. The van der Waals surface area contributed by atoms with Gasteiger partial charge in [-0.1, -0.05) is 66.8 Å². The second-order valence-corrected chi connectivity index (χ2v) is 8.58. The molecular formula is C29H28N2O5. The summed E-state index contributed by atoms with van der Waals surface area (Å²) in [7, 11) is 0. The van der Waals surface area contributed by atoms with E-state index in [1.165, 1.54) is 0 Å². The molecule has 0 radical (unpaired) electrons. The largest absolute Gasteiger partial charge is 0.520 e. The van der Waals surface area contributed by atoms with Gasteiger partial charge in [0.2, 0.25) is 5.90 Å². The van der Waals surface area contributed by atoms with Crippen molar-refractivity contribution in [3.8, 4) is 11.5 Å². The van der Waals surface area contributed by atoms with Crippen LogP contribution in [0.15, 0.2) is 113 Å². The van der Waals surface area contributed by atoms with Crippen molar-refractivity contribution >= 4 is 18.1 Å². The second kappa shape index (κ2) is 10.9. The van der Waals surface area contributed by atoms with E-state index in [0.29, 0.717) is 30.0 Å². The van der Waals surface area contributed by atoms with Gasteiger partial charge in [-0.15, -0.1) is 0 Å². The molecule has 2 aromatic rings. The third-order valence-electron chi connectivity index (χ3n) is 6.05. The number of rotatable bonds is 3. The number of ether oxygens (including phenoxy) is 3. The van der Waals surface area contributed by atoms with Gasteiger partial charge in [0.15, 0.2) is 0 Å². The summed E-state index contributed by atoms with van der Waals surface area (Å²) in [6, 6.07) is 17.5. The summed E-state index contributed by atoms with van der Waals surface area (Å²) < 4.78 is 16.1. The maximum Gasteiger partial charge on any atom is 0.520 e. The van der Waals surface area contributed by atoms with Gasteiger partial charge in [-0.3, -0.25) is 4.99 Å². The lowest BCUT2D eigenvalue weighted by Crippen LogP contribution is -2.54. The molecule has 1 N–H and O–H groups in total. The van der Waals surface area contributed by atoms with Crippen LogP contribution in [0.3, 0.4) is 0 Å². The predicted molar refractivity (Wildman–Crippen MR) is 138 cm³/mol. The number of hydrogen-bond donors (Lipinski definition) is 1. The summed E-state index contributed by atoms with van der Waals surface area (Å²) in [5.74, 6) is 0.743. The Morgan fingerprint density at radius 2 is 1.64 bits per heavy atom. The van der Waals surface area contributed by atoms with Gasteiger partial charge < -0.3 is 19.5 Å². The maximum absolute atomic E-state index is 13.0. The lowest BCUT2D eigenvalue weighted by Gasteiger charge is -2.43. The maximum atomic E-state index is 13.0. The van der Waals surface area contributed by atoms with Crippen molar-refractivity contribution in [2.24, 2.45) is 10.9 Å². The molecule has 1 amide bonds. The van der Waals surface area contributed by atoms with Crippen molar-refractivity contribution in [3.63, 3.8) is 0 Å². The first-order chi connectivity index (χ1) is 17.4. The van der Waals surface area contributed by atoms with Crippen molar-refractivity contribution in [2.75, 3.05) is 6.54 Å². The molecule has 184 valence electrons. The highest BCUT2D eigenvalue weighted by atomic mass is 16.7. The van der Waals surface area contributed by atoms with Crippen LogP contribution in [0.2, 0.25) is 0 Å². The number of nitrogens with zero attached hydrogens (tertiary/aromatic N) is 1. The first-order valence-electron chi connectivity index (χ1n) is 11.7. The Balaban J connectivity index is 1.59. The van der Waals surface area contributed by atoms with E-state index in [1.54, 1.807) is 60.7 Å². The summed E-state index contributed by atoms with van der Waals surface area (Å²) in [4.78, 5) is 29.9. The normalized spacial score (nSPS) is 24.7. The highest BCUT2D eigenvalue weighted by Gasteiger charge is 2.44. The fourth-order valence-electron chi connectivity index (χ4n) is 4.54. The van der Waals surface area contributed by atoms with Crippen molar-refractivity contribution < 1.29 is 23.8 Å². The van der Waals surface area contributed by atoms with Crippen LogP contribution in [0.4, 0.5) is 9.59 Å². The van der Waals surface area contributed by atoms with Crippen LogP contribution in [-0.4, -0.2) is 30.2 Å². The number of aliphatic imine (C=N–C) groups is 1. The minimum Gasteiger partial charge on any atom is -0.410 e. The van der Waals surface area contributed by atoms with Gasteiger partial charge in [0.25, 0.3) is 0 Å². The number of fused-ring (bicyclic) bond motifs is 2. The minimum atomic E-state index is -0.921. The summed E-state index contributed by atoms with van der Waals surface area (Å²) in [5, 5.41) is 3.07. The molecule has 36 heavy (non-hydrogen) atoms. The van der Waals surface area contributed by atoms with Crippen LogP contribution in [0.5, 0.6) is 11.5 Å². The zero-order chi connectivity index (χ0) is 25.5. The number of allylic oxidation sites excluding steroid dienone is 1. The number of hydrogen-bond acceptors (Lipinski definition) is 6. The predicted octanol–water partition coefficient (Wildman–Crippen LogP) is 6.17. The summed E-state index contributed by atoms with van der Waals surface area (Å²) in [6.45, 7) is 8.50. The molecule has 4 rings (SSSR count). The highest BCUT2D eigenvalue weighted by Crippen LogP contribution is 2.42. The summed E-state index contributed by atoms with van der Waals surface area (Å²) >= 11 is 0. The van der Waals surface area contributed by atoms with E-state index >= 15 is 0 Å². The van der Waals surface area contributed by atoms with Crippen LogP contribution in [0.25, 0.3) is 0 Å². The Morgan fingerprint density at radius 1 is 1.00 bits per heavy atom. The van der Waals surface area contributed by atoms with E-state index in [9.17, 15) is 9.59 Å². The number of amides is 1. The van der Waals surface area contributed by atoms with Crippen LogP contribution in [0.1, 0.15) is 20.3 Å². The topological polar surface area (TPSA) is 86.2 Å². The molecule has 2 aromatic carbocycles. The third-order valence-corrected chi connectivity index (χ3v) is 6.05. The number of para-hydroxylation sites is 2. The van der Waals surface area contributed by atoms with Crippen molar-refractivity contribution in [1.29, 1.82) is 0 Å². The molecule has 0 fully saturated rings. The van der Waals surface area contributed by atoms with E-state index in [-0.39, 0.29) is 11.8 Å². The standard InChI is InChI=1S/C29H28N2O5/c1-4-25-22-17-20(2)18-29(25,31-27(32)34-23-11-7-5-8-12-23)21(3)15-16-26(30-19-22)36-28(33)35-24-13-9-6-10-14-24/h4-17,22H,3,18-19H2,1-2H3,(H,31,32)/b16-15-,25-4-,30-26+. The smallest absolute Gasteiger partial charge is 0.410 e. The minimum absolute atomic E-state index is 0.0909. The monoisotopic (exact) mass is 484 g/mol. The van der Waals surface area contributed by atoms with Crippen LogP contribution >= 0.6 is 0 Å². The second-order valence-electron chi connectivity index (χ2n) is 8.58. The lowest BCUT2D eigenvalue weighted by molar-refractivity contribution is 0.148. The molecule has 1 heterocycles. The van der Waals surface area contributed by atoms with Gasteiger partial charge in [0.1, 0.15) is 11.5 Å². The molecule has 0 spiro atoms. The van der Waals surface area contributed by atoms with E-state index < -0.39 is 17.8 Å². The van der Waals surface area contributed by atoms with Gasteiger partial charge >= 0.3 is 12.2 Å². The molecule has 0 saturated carbocycles. The summed E-state index contributed by atoms with van der Waals surface area (Å²) in [6.07, 6.45) is 6.37. The Kier molecular flexibility index (Phi) is 7.49. The quantitative estimate of drug-likeness (QED) is 0.320. The van der Waals surface area contributed by atoms with E-state index in [0.717, 1.165) is 11.1 Å². The van der Waals surface area contributed by atoms with Gasteiger partial charge in [0, 0.05) is 12.0 Å². The van der Waals surface area contributed by atoms with Gasteiger partial charge in [-0.25, -0.2) is 9.59 Å². The molecule has 1 aliphatic carbocycles. The van der Waals surface area contributed by atoms with Gasteiger partial charge in [0.05, 0.1) is 12.1 Å². The average molecular weight is 485 g/mol. The van der Waals surface area contributed by atoms with Crippen LogP contribution in [-0.2, 0) is 4.74 Å². The fraction of sp³-hybridized carbons (Fsp3) is 0.207. The molecule has 7 heteroatoms. The number of nitrogens with one attached hydrogen (secondary N) is 1. The Bertz CT molecular complexity index is 1260. The zero-order valence-electron chi connectivity index (χ0n) is 20.3. The number of benzene rings is 2. The molecule has 1 aliphatic heterocycles. The average Bonchev–Trinajstić information content (AvgIpc) is 2.88. The Morgan fingerprint density at radius 3 is 2.28 bits per heavy atom. The molecule has 2 unspecified atom stereocenters. The molecular weight excluding hydrogens is 456 g/mol. The van der Waals surface area contributed by atoms with Gasteiger partial charge in [-0.05, 0) is 55.7 Å². The van der Waals surface area contributed by atoms with Crippen LogP contribution < -0.4 is 14.8 Å². The number of carbonyl (C=O) groups is 2. The molecule has 2 bridgehead atoms. The molecule has 0 saturated heterocycles. The Hall–Kier alpha value is -4.39. The lowest BCUT2D eigenvalue weighted by atomic mass is 9.68. The number of carbonyl (C=O) groups excluding carboxylic acids is 2. The SMILES string of the molecule is C=C1/C=C\C(OC(=O)Oc2ccccc2)=N/CC2C=C(C)CC1(NC(=O)Oc1ccccc1)/C2=C\C. The van der Waals surface area contributed by atoms with Crippen molar-refractivity contribution in [3.05, 3.63) is 108 Å². The van der Waals surface area contributed by atoms with Crippen LogP contribution in [0, 0.1) is 5.92 Å². The summed E-state index contributed by atoms with van der Waals surface area (Å²) in [5.41, 5.74) is 1.69. The van der Waals surface area contributed by atoms with Gasteiger partial charge in [-0.2, -0.15) is 0 Å².